The van der Waals surface area contributed by atoms with Crippen LogP contribution in [0.15, 0.2) is 81.3 Å². The molecule has 4 rings (SSSR count). The highest BCUT2D eigenvalue weighted by molar-refractivity contribution is 9.10. The van der Waals surface area contributed by atoms with Crippen molar-refractivity contribution >= 4 is 15.9 Å². The first-order valence-corrected chi connectivity index (χ1v) is 11.2. The van der Waals surface area contributed by atoms with Gasteiger partial charge in [0, 0.05) is 28.7 Å². The van der Waals surface area contributed by atoms with E-state index in [1.54, 1.807) is 16.7 Å². The highest BCUT2D eigenvalue weighted by Gasteiger charge is 2.25. The van der Waals surface area contributed by atoms with Crippen LogP contribution in [0.3, 0.4) is 0 Å². The van der Waals surface area contributed by atoms with E-state index in [9.17, 15) is 9.70 Å². The van der Waals surface area contributed by atoms with Crippen molar-refractivity contribution in [1.29, 1.82) is 0 Å². The van der Waals surface area contributed by atoms with Crippen molar-refractivity contribution in [2.24, 2.45) is 5.18 Å². The third kappa shape index (κ3) is 4.31. The van der Waals surface area contributed by atoms with Crippen molar-refractivity contribution in [3.63, 3.8) is 0 Å². The molecule has 2 atom stereocenters. The van der Waals surface area contributed by atoms with E-state index in [1.807, 2.05) is 30.5 Å². The molecule has 30 heavy (non-hydrogen) atoms. The summed E-state index contributed by atoms with van der Waals surface area (Å²) in [4.78, 5) is 24.3. The Bertz CT molecular complexity index is 1090. The van der Waals surface area contributed by atoms with Crippen LogP contribution in [0, 0.1) is 11.8 Å². The zero-order valence-electron chi connectivity index (χ0n) is 17.0. The first kappa shape index (κ1) is 20.7. The molecule has 1 aliphatic carbocycles. The van der Waals surface area contributed by atoms with Crippen molar-refractivity contribution in [2.45, 2.75) is 50.6 Å². The Labute approximate surface area is 185 Å². The van der Waals surface area contributed by atoms with Crippen molar-refractivity contribution in [3.8, 4) is 0 Å². The molecule has 1 aliphatic rings. The average Bonchev–Trinajstić information content (AvgIpc) is 2.71. The number of nitrogens with zero attached hydrogens (tertiary/aromatic N) is 2. The summed E-state index contributed by atoms with van der Waals surface area (Å²) >= 11 is 3.51. The Morgan fingerprint density at radius 2 is 1.73 bits per heavy atom. The van der Waals surface area contributed by atoms with Crippen molar-refractivity contribution in [3.05, 3.63) is 109 Å². The number of aromatic nitrogens is 1. The minimum atomic E-state index is -0.523. The van der Waals surface area contributed by atoms with E-state index in [1.165, 1.54) is 11.1 Å². The van der Waals surface area contributed by atoms with Crippen LogP contribution in [0.1, 0.15) is 65.9 Å². The van der Waals surface area contributed by atoms with E-state index in [-0.39, 0.29) is 17.5 Å². The molecule has 0 amide bonds. The lowest BCUT2D eigenvalue weighted by molar-refractivity contribution is 0.305. The number of benzene rings is 2. The van der Waals surface area contributed by atoms with E-state index in [2.05, 4.69) is 52.3 Å². The third-order valence-electron chi connectivity index (χ3n) is 6.24. The minimum absolute atomic E-state index is 0.00328. The molecule has 0 aliphatic heterocycles. The molecule has 0 saturated heterocycles. The van der Waals surface area contributed by atoms with Crippen molar-refractivity contribution in [1.82, 2.24) is 4.57 Å². The maximum Gasteiger partial charge on any atom is 0.250 e. The molecule has 0 spiro atoms. The Morgan fingerprint density at radius 3 is 2.37 bits per heavy atom. The van der Waals surface area contributed by atoms with Crippen LogP contribution >= 0.6 is 15.9 Å². The quantitative estimate of drug-likeness (QED) is 0.366. The number of pyridine rings is 1. The lowest BCUT2D eigenvalue weighted by Crippen LogP contribution is -2.28. The first-order chi connectivity index (χ1) is 14.6. The second kappa shape index (κ2) is 9.09. The van der Waals surface area contributed by atoms with Gasteiger partial charge < -0.3 is 4.57 Å². The second-order valence-corrected chi connectivity index (χ2v) is 9.03. The van der Waals surface area contributed by atoms with Gasteiger partial charge in [-0.1, -0.05) is 57.5 Å². The van der Waals surface area contributed by atoms with E-state index >= 15 is 0 Å². The topological polar surface area (TPSA) is 51.4 Å². The molecule has 4 nitrogen and oxygen atoms in total. The summed E-state index contributed by atoms with van der Waals surface area (Å²) in [6, 6.07) is 19.6. The zero-order chi connectivity index (χ0) is 21.1. The fourth-order valence-electron chi connectivity index (χ4n) is 4.25. The lowest BCUT2D eigenvalue weighted by Gasteiger charge is -2.28. The predicted octanol–water partition coefficient (Wildman–Crippen LogP) is 6.67. The van der Waals surface area contributed by atoms with Gasteiger partial charge in [0.25, 0.3) is 5.56 Å². The molecular formula is C25H25BrN2O2. The SMILES string of the molecule is Cc1ccccc1C(CC(N=O)c1ccc(=O)n(C2CCC2)c1)c1ccc(Br)cc1. The molecule has 2 unspecified atom stereocenters. The van der Waals surface area contributed by atoms with Crippen LogP contribution < -0.4 is 5.56 Å². The fourth-order valence-corrected chi connectivity index (χ4v) is 4.51. The van der Waals surface area contributed by atoms with Crippen LogP contribution in [0.25, 0.3) is 0 Å². The smallest absolute Gasteiger partial charge is 0.250 e. The van der Waals surface area contributed by atoms with Gasteiger partial charge in [-0.2, -0.15) is 4.91 Å². The largest absolute Gasteiger partial charge is 0.312 e. The summed E-state index contributed by atoms with van der Waals surface area (Å²) in [6.07, 6.45) is 5.60. The summed E-state index contributed by atoms with van der Waals surface area (Å²) < 4.78 is 2.81. The zero-order valence-corrected chi connectivity index (χ0v) is 18.6. The van der Waals surface area contributed by atoms with Gasteiger partial charge in [0.2, 0.25) is 0 Å². The molecule has 2 aromatic carbocycles. The summed E-state index contributed by atoms with van der Waals surface area (Å²) in [5.74, 6) is 0.0334. The molecule has 5 heteroatoms. The normalized spacial score (nSPS) is 15.9. The molecule has 154 valence electrons. The van der Waals surface area contributed by atoms with Gasteiger partial charge >= 0.3 is 0 Å². The number of aryl methyl sites for hydroxylation is 1. The molecule has 1 fully saturated rings. The minimum Gasteiger partial charge on any atom is -0.312 e. The van der Waals surface area contributed by atoms with Crippen molar-refractivity contribution < 1.29 is 0 Å². The molecule has 3 aromatic rings. The number of nitroso groups, excluding NO2 is 1. The van der Waals surface area contributed by atoms with Gasteiger partial charge in [0.1, 0.15) is 6.04 Å². The Kier molecular flexibility index (Phi) is 6.28. The molecule has 1 heterocycles. The predicted molar refractivity (Wildman–Crippen MR) is 124 cm³/mol. The van der Waals surface area contributed by atoms with Crippen molar-refractivity contribution in [2.75, 3.05) is 0 Å². The van der Waals surface area contributed by atoms with Gasteiger partial charge in [-0.05, 0) is 73.1 Å². The standard InChI is InChI=1S/C25H25BrN2O2/c1-17-5-2-3-8-22(17)23(18-9-12-20(26)13-10-18)15-24(27-30)19-11-14-25(29)28(16-19)21-6-4-7-21/h2-3,5,8-14,16,21,23-24H,4,6-7,15H2,1H3. The summed E-state index contributed by atoms with van der Waals surface area (Å²) in [7, 11) is 0. The maximum absolute atomic E-state index is 12.3. The Balaban J connectivity index is 1.71. The number of halogens is 1. The first-order valence-electron chi connectivity index (χ1n) is 10.4. The summed E-state index contributed by atoms with van der Waals surface area (Å²) in [5.41, 5.74) is 4.34. The van der Waals surface area contributed by atoms with Crippen LogP contribution in [0.5, 0.6) is 0 Å². The molecule has 0 radical (unpaired) electrons. The van der Waals surface area contributed by atoms with Gasteiger partial charge in [0.15, 0.2) is 0 Å². The maximum atomic E-state index is 12.3. The second-order valence-electron chi connectivity index (χ2n) is 8.11. The lowest BCUT2D eigenvalue weighted by atomic mass is 9.83. The summed E-state index contributed by atoms with van der Waals surface area (Å²) in [5, 5.41) is 3.50. The van der Waals surface area contributed by atoms with Gasteiger partial charge in [-0.3, -0.25) is 4.79 Å². The molecule has 0 N–H and O–H groups in total. The summed E-state index contributed by atoms with van der Waals surface area (Å²) in [6.45, 7) is 2.10. The molecular weight excluding hydrogens is 440 g/mol. The van der Waals surface area contributed by atoms with E-state index in [0.29, 0.717) is 6.42 Å². The number of hydrogen-bond donors (Lipinski definition) is 0. The molecule has 0 bridgehead atoms. The molecule has 1 saturated carbocycles. The highest BCUT2D eigenvalue weighted by Crippen LogP contribution is 2.38. The average molecular weight is 465 g/mol. The highest BCUT2D eigenvalue weighted by atomic mass is 79.9. The Morgan fingerprint density at radius 1 is 1.03 bits per heavy atom. The molecule has 1 aromatic heterocycles. The van der Waals surface area contributed by atoms with Crippen LogP contribution in [-0.4, -0.2) is 4.57 Å². The number of hydrogen-bond acceptors (Lipinski definition) is 3. The van der Waals surface area contributed by atoms with Crippen LogP contribution in [0.4, 0.5) is 0 Å². The monoisotopic (exact) mass is 464 g/mol. The van der Waals surface area contributed by atoms with Gasteiger partial charge in [-0.15, -0.1) is 0 Å². The van der Waals surface area contributed by atoms with E-state index < -0.39 is 6.04 Å². The fraction of sp³-hybridized carbons (Fsp3) is 0.320. The third-order valence-corrected chi connectivity index (χ3v) is 6.76. The van der Waals surface area contributed by atoms with E-state index in [4.69, 9.17) is 0 Å². The van der Waals surface area contributed by atoms with Gasteiger partial charge in [-0.25, -0.2) is 0 Å². The van der Waals surface area contributed by atoms with Crippen LogP contribution in [-0.2, 0) is 0 Å². The van der Waals surface area contributed by atoms with Gasteiger partial charge in [0.05, 0.1) is 0 Å². The van der Waals surface area contributed by atoms with E-state index in [0.717, 1.165) is 34.9 Å². The van der Waals surface area contributed by atoms with Crippen LogP contribution in [0.2, 0.25) is 0 Å². The Hall–Kier alpha value is -2.53. The number of rotatable bonds is 7.